The van der Waals surface area contributed by atoms with Gasteiger partial charge in [0, 0.05) is 18.0 Å². The SMILES string of the molecule is Cc1ccc(C(=O)NNC(=O)C2CCC(CNS(=O)(=O)c3ccccc3)CC2)cc1. The third kappa shape index (κ3) is 5.90. The fraction of sp³-hybridized carbons (Fsp3) is 0.364. The number of rotatable bonds is 6. The van der Waals surface area contributed by atoms with Crippen LogP contribution in [-0.4, -0.2) is 26.8 Å². The Kier molecular flexibility index (Phi) is 7.23. The molecule has 30 heavy (non-hydrogen) atoms. The molecule has 0 aromatic heterocycles. The molecule has 0 heterocycles. The summed E-state index contributed by atoms with van der Waals surface area (Å²) in [7, 11) is -3.51. The first-order valence-electron chi connectivity index (χ1n) is 10.1. The van der Waals surface area contributed by atoms with Gasteiger partial charge in [0.2, 0.25) is 15.9 Å². The molecule has 1 saturated carbocycles. The van der Waals surface area contributed by atoms with Crippen LogP contribution in [0.1, 0.15) is 41.6 Å². The molecule has 2 aromatic carbocycles. The molecule has 0 saturated heterocycles. The summed E-state index contributed by atoms with van der Waals surface area (Å²) in [6.07, 6.45) is 2.82. The standard InChI is InChI=1S/C22H27N3O4S/c1-16-7-11-18(12-8-16)21(26)24-25-22(27)19-13-9-17(10-14-19)15-23-30(28,29)20-5-3-2-4-6-20/h2-8,11-12,17,19,23H,9-10,13-15H2,1H3,(H,24,26)(H,25,27). The summed E-state index contributed by atoms with van der Waals surface area (Å²) in [5.41, 5.74) is 6.50. The average molecular weight is 430 g/mol. The van der Waals surface area contributed by atoms with Gasteiger partial charge < -0.3 is 0 Å². The van der Waals surface area contributed by atoms with Gasteiger partial charge in [-0.15, -0.1) is 0 Å². The van der Waals surface area contributed by atoms with Crippen LogP contribution < -0.4 is 15.6 Å². The van der Waals surface area contributed by atoms with Gasteiger partial charge in [0.1, 0.15) is 0 Å². The van der Waals surface area contributed by atoms with E-state index in [4.69, 9.17) is 0 Å². The lowest BCUT2D eigenvalue weighted by Crippen LogP contribution is -2.45. The molecule has 8 heteroatoms. The number of hydrazine groups is 1. The van der Waals surface area contributed by atoms with E-state index in [1.807, 2.05) is 19.1 Å². The first kappa shape index (κ1) is 22.0. The minimum atomic E-state index is -3.51. The highest BCUT2D eigenvalue weighted by Gasteiger charge is 2.27. The predicted octanol–water partition coefficient (Wildman–Crippen LogP) is 2.54. The molecule has 0 aliphatic heterocycles. The molecule has 3 N–H and O–H groups in total. The van der Waals surface area contributed by atoms with Gasteiger partial charge in [-0.2, -0.15) is 0 Å². The van der Waals surface area contributed by atoms with Crippen LogP contribution in [0.3, 0.4) is 0 Å². The molecule has 0 radical (unpaired) electrons. The first-order chi connectivity index (χ1) is 14.3. The fourth-order valence-corrected chi connectivity index (χ4v) is 4.67. The van der Waals surface area contributed by atoms with Crippen molar-refractivity contribution in [3.63, 3.8) is 0 Å². The van der Waals surface area contributed by atoms with Crippen molar-refractivity contribution < 1.29 is 18.0 Å². The smallest absolute Gasteiger partial charge is 0.269 e. The molecule has 0 unspecified atom stereocenters. The maximum atomic E-state index is 12.4. The normalized spacial score (nSPS) is 19.1. The number of nitrogens with one attached hydrogen (secondary N) is 3. The topological polar surface area (TPSA) is 104 Å². The van der Waals surface area contributed by atoms with E-state index in [0.29, 0.717) is 24.9 Å². The van der Waals surface area contributed by atoms with Crippen molar-refractivity contribution in [3.8, 4) is 0 Å². The molecule has 1 aliphatic carbocycles. The number of hydrogen-bond acceptors (Lipinski definition) is 4. The van der Waals surface area contributed by atoms with Gasteiger partial charge in [-0.25, -0.2) is 13.1 Å². The van der Waals surface area contributed by atoms with Crippen LogP contribution in [0.4, 0.5) is 0 Å². The Balaban J connectivity index is 1.41. The fourth-order valence-electron chi connectivity index (χ4n) is 3.54. The van der Waals surface area contributed by atoms with Crippen LogP contribution in [0.5, 0.6) is 0 Å². The Morgan fingerprint density at radius 2 is 1.53 bits per heavy atom. The minimum absolute atomic E-state index is 0.190. The van der Waals surface area contributed by atoms with Crippen molar-refractivity contribution in [2.24, 2.45) is 11.8 Å². The lowest BCUT2D eigenvalue weighted by atomic mass is 9.82. The van der Waals surface area contributed by atoms with Gasteiger partial charge >= 0.3 is 0 Å². The zero-order valence-electron chi connectivity index (χ0n) is 16.9. The Labute approximate surface area is 177 Å². The third-order valence-corrected chi connectivity index (χ3v) is 6.89. The monoisotopic (exact) mass is 429 g/mol. The summed E-state index contributed by atoms with van der Waals surface area (Å²) in [6, 6.07) is 15.4. The zero-order valence-corrected chi connectivity index (χ0v) is 17.7. The van der Waals surface area contributed by atoms with E-state index >= 15 is 0 Å². The van der Waals surface area contributed by atoms with E-state index in [-0.39, 0.29) is 28.5 Å². The van der Waals surface area contributed by atoms with Crippen LogP contribution in [0, 0.1) is 18.8 Å². The van der Waals surface area contributed by atoms with Crippen LogP contribution in [0.25, 0.3) is 0 Å². The van der Waals surface area contributed by atoms with E-state index < -0.39 is 10.0 Å². The average Bonchev–Trinajstić information content (AvgIpc) is 2.77. The van der Waals surface area contributed by atoms with Gasteiger partial charge in [0.25, 0.3) is 5.91 Å². The maximum Gasteiger partial charge on any atom is 0.269 e. The predicted molar refractivity (Wildman–Crippen MR) is 114 cm³/mol. The molecule has 1 fully saturated rings. The van der Waals surface area contributed by atoms with Crippen molar-refractivity contribution in [1.29, 1.82) is 0 Å². The van der Waals surface area contributed by atoms with Gasteiger partial charge in [0.15, 0.2) is 0 Å². The number of carbonyl (C=O) groups excluding carboxylic acids is 2. The summed E-state index contributed by atoms with van der Waals surface area (Å²) in [6.45, 7) is 2.29. The van der Waals surface area contributed by atoms with Gasteiger partial charge in [-0.1, -0.05) is 35.9 Å². The summed E-state index contributed by atoms with van der Waals surface area (Å²) < 4.78 is 27.3. The summed E-state index contributed by atoms with van der Waals surface area (Å²) in [5.74, 6) is -0.564. The molecule has 3 rings (SSSR count). The van der Waals surface area contributed by atoms with E-state index in [0.717, 1.165) is 18.4 Å². The Morgan fingerprint density at radius 3 is 2.17 bits per heavy atom. The largest absolute Gasteiger partial charge is 0.273 e. The van der Waals surface area contributed by atoms with E-state index in [2.05, 4.69) is 15.6 Å². The number of carbonyl (C=O) groups is 2. The molecule has 0 atom stereocenters. The number of sulfonamides is 1. The summed E-state index contributed by atoms with van der Waals surface area (Å²) in [4.78, 5) is 24.7. The van der Waals surface area contributed by atoms with Gasteiger partial charge in [-0.05, 0) is 62.8 Å². The van der Waals surface area contributed by atoms with Crippen LogP contribution >= 0.6 is 0 Å². The molecule has 0 bridgehead atoms. The highest BCUT2D eigenvalue weighted by atomic mass is 32.2. The third-order valence-electron chi connectivity index (χ3n) is 5.45. The summed E-state index contributed by atoms with van der Waals surface area (Å²) >= 11 is 0. The summed E-state index contributed by atoms with van der Waals surface area (Å²) in [5, 5.41) is 0. The number of aryl methyl sites for hydroxylation is 1. The van der Waals surface area contributed by atoms with Crippen LogP contribution in [-0.2, 0) is 14.8 Å². The Bertz CT molecular complexity index is 967. The lowest BCUT2D eigenvalue weighted by Gasteiger charge is -2.27. The van der Waals surface area contributed by atoms with E-state index in [9.17, 15) is 18.0 Å². The second-order valence-corrected chi connectivity index (χ2v) is 9.46. The van der Waals surface area contributed by atoms with Crippen molar-refractivity contribution in [2.75, 3.05) is 6.54 Å². The molecule has 1 aliphatic rings. The Morgan fingerprint density at radius 1 is 0.900 bits per heavy atom. The van der Waals surface area contributed by atoms with E-state index in [1.54, 1.807) is 42.5 Å². The van der Waals surface area contributed by atoms with Crippen LogP contribution in [0.15, 0.2) is 59.5 Å². The number of benzene rings is 2. The molecular weight excluding hydrogens is 402 g/mol. The quantitative estimate of drug-likeness (QED) is 0.614. The molecule has 160 valence electrons. The first-order valence-corrected chi connectivity index (χ1v) is 11.5. The van der Waals surface area contributed by atoms with Crippen molar-refractivity contribution in [3.05, 3.63) is 65.7 Å². The lowest BCUT2D eigenvalue weighted by molar-refractivity contribution is -0.127. The second-order valence-electron chi connectivity index (χ2n) is 7.69. The molecule has 0 spiro atoms. The molecule has 7 nitrogen and oxygen atoms in total. The minimum Gasteiger partial charge on any atom is -0.273 e. The Hall–Kier alpha value is -2.71. The molecule has 2 amide bonds. The number of hydrogen-bond donors (Lipinski definition) is 3. The highest BCUT2D eigenvalue weighted by molar-refractivity contribution is 7.89. The maximum absolute atomic E-state index is 12.4. The molecular formula is C22H27N3O4S. The highest BCUT2D eigenvalue weighted by Crippen LogP contribution is 2.28. The van der Waals surface area contributed by atoms with E-state index in [1.165, 1.54) is 0 Å². The van der Waals surface area contributed by atoms with Crippen molar-refractivity contribution in [2.45, 2.75) is 37.5 Å². The second kappa shape index (κ2) is 9.86. The van der Waals surface area contributed by atoms with Gasteiger partial charge in [0.05, 0.1) is 4.90 Å². The van der Waals surface area contributed by atoms with Crippen molar-refractivity contribution in [1.82, 2.24) is 15.6 Å². The van der Waals surface area contributed by atoms with Crippen molar-refractivity contribution >= 4 is 21.8 Å². The van der Waals surface area contributed by atoms with Crippen LogP contribution in [0.2, 0.25) is 0 Å². The van der Waals surface area contributed by atoms with Gasteiger partial charge in [-0.3, -0.25) is 20.4 Å². The number of amides is 2. The molecule has 2 aromatic rings. The zero-order chi connectivity index (χ0) is 21.6.